The highest BCUT2D eigenvalue weighted by Gasteiger charge is 2.21. The summed E-state index contributed by atoms with van der Waals surface area (Å²) in [6.45, 7) is 16.4. The van der Waals surface area contributed by atoms with Gasteiger partial charge in [0.15, 0.2) is 0 Å². The summed E-state index contributed by atoms with van der Waals surface area (Å²) in [6, 6.07) is 5.62. The van der Waals surface area contributed by atoms with Gasteiger partial charge in [-0.2, -0.15) is 8.42 Å². The zero-order chi connectivity index (χ0) is 22.2. The van der Waals surface area contributed by atoms with Crippen LogP contribution < -0.4 is 9.08 Å². The number of carbonyl (C=O) groups is 1. The average Bonchev–Trinajstić information content (AvgIpc) is 2.62. The molecule has 0 aliphatic rings. The molecular formula is C22H38N2O4S. The summed E-state index contributed by atoms with van der Waals surface area (Å²) in [5.41, 5.74) is 1.61. The molecule has 0 radical (unpaired) electrons. The predicted molar refractivity (Wildman–Crippen MR) is 120 cm³/mol. The number of benzene rings is 1. The Morgan fingerprint density at radius 2 is 1.66 bits per heavy atom. The normalized spacial score (nSPS) is 11.8. The highest BCUT2D eigenvalue weighted by atomic mass is 32.2. The smallest absolute Gasteiger partial charge is 0.308 e. The topological polar surface area (TPSA) is 66.9 Å². The van der Waals surface area contributed by atoms with Gasteiger partial charge in [-0.1, -0.05) is 33.8 Å². The fourth-order valence-corrected chi connectivity index (χ4v) is 3.66. The molecule has 1 aromatic rings. The molecule has 6 nitrogen and oxygen atoms in total. The van der Waals surface area contributed by atoms with E-state index in [1.54, 1.807) is 13.0 Å². The van der Waals surface area contributed by atoms with E-state index in [2.05, 4.69) is 32.6 Å². The van der Waals surface area contributed by atoms with Crippen LogP contribution >= 0.6 is 0 Å². The Kier molecular flexibility index (Phi) is 9.96. The Labute approximate surface area is 177 Å². The molecule has 29 heavy (non-hydrogen) atoms. The van der Waals surface area contributed by atoms with Gasteiger partial charge in [0.05, 0.1) is 5.75 Å². The van der Waals surface area contributed by atoms with Crippen LogP contribution in [-0.4, -0.2) is 44.6 Å². The van der Waals surface area contributed by atoms with Gasteiger partial charge in [-0.15, -0.1) is 0 Å². The number of hydrogen-bond acceptors (Lipinski definition) is 5. The van der Waals surface area contributed by atoms with E-state index in [1.807, 2.05) is 30.9 Å². The number of anilines is 1. The largest absolute Gasteiger partial charge is 0.382 e. The molecule has 166 valence electrons. The van der Waals surface area contributed by atoms with Crippen molar-refractivity contribution < 1.29 is 17.4 Å². The minimum absolute atomic E-state index is 0.0748. The van der Waals surface area contributed by atoms with Crippen LogP contribution in [0.5, 0.6) is 5.75 Å². The first kappa shape index (κ1) is 25.3. The van der Waals surface area contributed by atoms with Crippen molar-refractivity contribution in [2.24, 2.45) is 11.8 Å². The van der Waals surface area contributed by atoms with Crippen LogP contribution in [-0.2, 0) is 21.5 Å². The zero-order valence-electron chi connectivity index (χ0n) is 19.1. The van der Waals surface area contributed by atoms with E-state index in [0.717, 1.165) is 18.8 Å². The Balaban J connectivity index is 3.32. The van der Waals surface area contributed by atoms with Gasteiger partial charge >= 0.3 is 10.1 Å². The molecule has 1 rings (SSSR count). The van der Waals surface area contributed by atoms with Crippen molar-refractivity contribution in [1.29, 1.82) is 0 Å². The van der Waals surface area contributed by atoms with Crippen molar-refractivity contribution in [2.75, 3.05) is 30.3 Å². The van der Waals surface area contributed by atoms with Crippen molar-refractivity contribution >= 4 is 21.7 Å². The predicted octanol–water partition coefficient (Wildman–Crippen LogP) is 4.29. The van der Waals surface area contributed by atoms with E-state index in [9.17, 15) is 13.2 Å². The number of rotatable bonds is 12. The summed E-state index contributed by atoms with van der Waals surface area (Å²) in [5, 5.41) is 0. The molecule has 0 bridgehead atoms. The lowest BCUT2D eigenvalue weighted by Crippen LogP contribution is -2.34. The van der Waals surface area contributed by atoms with Crippen LogP contribution in [0.15, 0.2) is 18.2 Å². The monoisotopic (exact) mass is 426 g/mol. The highest BCUT2D eigenvalue weighted by Crippen LogP contribution is 2.29. The lowest BCUT2D eigenvalue weighted by Gasteiger charge is -2.27. The van der Waals surface area contributed by atoms with Crippen LogP contribution in [0.25, 0.3) is 0 Å². The fourth-order valence-electron chi connectivity index (χ4n) is 3.11. The molecule has 0 atom stereocenters. The first-order valence-electron chi connectivity index (χ1n) is 10.6. The molecule has 1 amide bonds. The average molecular weight is 427 g/mol. The van der Waals surface area contributed by atoms with Crippen LogP contribution in [0.4, 0.5) is 5.69 Å². The first-order chi connectivity index (χ1) is 13.5. The second-order valence-electron chi connectivity index (χ2n) is 8.16. The van der Waals surface area contributed by atoms with Crippen LogP contribution in [0, 0.1) is 11.8 Å². The summed E-state index contributed by atoms with van der Waals surface area (Å²) in [5.74, 6) is 0.848. The van der Waals surface area contributed by atoms with Crippen molar-refractivity contribution in [3.63, 3.8) is 0 Å². The van der Waals surface area contributed by atoms with Crippen molar-refractivity contribution in [2.45, 2.75) is 61.4 Å². The molecule has 0 spiro atoms. The number of carbonyl (C=O) groups excluding carboxylic acids is 1. The summed E-state index contributed by atoms with van der Waals surface area (Å²) in [6.07, 6.45) is 0.466. The van der Waals surface area contributed by atoms with Crippen LogP contribution in [0.2, 0.25) is 0 Å². The zero-order valence-corrected chi connectivity index (χ0v) is 19.9. The molecule has 0 aliphatic heterocycles. The molecule has 0 saturated carbocycles. The Bertz CT molecular complexity index is 756. The number of hydrogen-bond donors (Lipinski definition) is 0. The van der Waals surface area contributed by atoms with Gasteiger partial charge < -0.3 is 14.0 Å². The van der Waals surface area contributed by atoms with Gasteiger partial charge in [-0.3, -0.25) is 4.79 Å². The van der Waals surface area contributed by atoms with E-state index < -0.39 is 10.1 Å². The minimum atomic E-state index is -3.67. The molecule has 0 aliphatic carbocycles. The molecule has 0 unspecified atom stereocenters. The van der Waals surface area contributed by atoms with Crippen LogP contribution in [0.3, 0.4) is 0 Å². The molecule has 0 fully saturated rings. The molecular weight excluding hydrogens is 388 g/mol. The first-order valence-corrected chi connectivity index (χ1v) is 12.2. The Hall–Kier alpha value is -1.76. The molecule has 0 heterocycles. The van der Waals surface area contributed by atoms with Crippen molar-refractivity contribution in [3.8, 4) is 5.75 Å². The van der Waals surface area contributed by atoms with E-state index in [1.165, 1.54) is 0 Å². The Morgan fingerprint density at radius 1 is 1.03 bits per heavy atom. The maximum Gasteiger partial charge on any atom is 0.308 e. The van der Waals surface area contributed by atoms with Crippen molar-refractivity contribution in [3.05, 3.63) is 23.8 Å². The third-order valence-corrected chi connectivity index (χ3v) is 5.77. The standard InChI is InChI=1S/C22H38N2O4S/c1-8-23(9-2)20-12-11-19(21(14-20)28-29(26,27)10-3)16-24(15-18(6)7)22(25)13-17(4)5/h11-12,14,17-18H,8-10,13,15-16H2,1-7H3. The fraction of sp³-hybridized carbons (Fsp3) is 0.682. The summed E-state index contributed by atoms with van der Waals surface area (Å²) >= 11 is 0. The third-order valence-electron chi connectivity index (χ3n) is 4.63. The van der Waals surface area contributed by atoms with E-state index in [4.69, 9.17) is 4.18 Å². The molecule has 0 N–H and O–H groups in total. The van der Waals surface area contributed by atoms with Gasteiger partial charge in [0.2, 0.25) is 5.91 Å². The number of nitrogens with zero attached hydrogens (tertiary/aromatic N) is 2. The lowest BCUT2D eigenvalue weighted by atomic mass is 10.1. The molecule has 7 heteroatoms. The maximum atomic E-state index is 12.8. The second-order valence-corrected chi connectivity index (χ2v) is 10.0. The van der Waals surface area contributed by atoms with Crippen molar-refractivity contribution in [1.82, 2.24) is 4.90 Å². The second kappa shape index (κ2) is 11.4. The van der Waals surface area contributed by atoms with Gasteiger partial charge in [0.25, 0.3) is 0 Å². The molecule has 0 saturated heterocycles. The number of amides is 1. The highest BCUT2D eigenvalue weighted by molar-refractivity contribution is 7.87. The Morgan fingerprint density at radius 3 is 2.14 bits per heavy atom. The maximum absolute atomic E-state index is 12.8. The van der Waals surface area contributed by atoms with E-state index in [-0.39, 0.29) is 17.6 Å². The SMILES string of the molecule is CCN(CC)c1ccc(CN(CC(C)C)C(=O)CC(C)C)c(OS(=O)(=O)CC)c1. The van der Waals surface area contributed by atoms with Crippen LogP contribution in [0.1, 0.15) is 60.5 Å². The summed E-state index contributed by atoms with van der Waals surface area (Å²) in [4.78, 5) is 16.7. The summed E-state index contributed by atoms with van der Waals surface area (Å²) in [7, 11) is -3.67. The molecule has 1 aromatic carbocycles. The van der Waals surface area contributed by atoms with E-state index in [0.29, 0.717) is 36.7 Å². The van der Waals surface area contributed by atoms with Gasteiger partial charge in [0.1, 0.15) is 5.75 Å². The minimum Gasteiger partial charge on any atom is -0.382 e. The third kappa shape index (κ3) is 8.25. The quantitative estimate of drug-likeness (QED) is 0.466. The van der Waals surface area contributed by atoms with Gasteiger partial charge in [-0.05, 0) is 38.7 Å². The van der Waals surface area contributed by atoms with Gasteiger partial charge in [0, 0.05) is 49.9 Å². The van der Waals surface area contributed by atoms with Gasteiger partial charge in [-0.25, -0.2) is 0 Å². The lowest BCUT2D eigenvalue weighted by molar-refractivity contribution is -0.133. The summed E-state index contributed by atoms with van der Waals surface area (Å²) < 4.78 is 29.8. The molecule has 0 aromatic heterocycles. The van der Waals surface area contributed by atoms with E-state index >= 15 is 0 Å².